The fraction of sp³-hybridized carbons (Fsp3) is 0.250. The standard InChI is InChI=1S/C16H12ClFN2S/c1-8-5-6-9(11(18)7-8)15-19-14(17)13-10-3-2-4-12(10)21-16(13)20-15/h5-7H,2-4H2,1H3. The number of aryl methyl sites for hydroxylation is 3. The monoisotopic (exact) mass is 318 g/mol. The van der Waals surface area contributed by atoms with Gasteiger partial charge in [0, 0.05) is 4.88 Å². The number of hydrogen-bond donors (Lipinski definition) is 0. The minimum atomic E-state index is -0.311. The van der Waals surface area contributed by atoms with Crippen LogP contribution in [0.15, 0.2) is 18.2 Å². The van der Waals surface area contributed by atoms with Crippen molar-refractivity contribution in [1.82, 2.24) is 9.97 Å². The summed E-state index contributed by atoms with van der Waals surface area (Å²) < 4.78 is 14.1. The van der Waals surface area contributed by atoms with Crippen LogP contribution in [-0.2, 0) is 12.8 Å². The second kappa shape index (κ2) is 4.75. The van der Waals surface area contributed by atoms with E-state index >= 15 is 0 Å². The van der Waals surface area contributed by atoms with Crippen LogP contribution in [0.2, 0.25) is 5.15 Å². The number of fused-ring (bicyclic) bond motifs is 3. The molecule has 3 aromatic rings. The molecule has 2 heterocycles. The highest BCUT2D eigenvalue weighted by Gasteiger charge is 2.22. The van der Waals surface area contributed by atoms with E-state index in [9.17, 15) is 4.39 Å². The van der Waals surface area contributed by atoms with Gasteiger partial charge in [-0.15, -0.1) is 11.3 Å². The van der Waals surface area contributed by atoms with Gasteiger partial charge in [0.15, 0.2) is 5.82 Å². The van der Waals surface area contributed by atoms with E-state index in [0.29, 0.717) is 16.5 Å². The molecular weight excluding hydrogens is 307 g/mol. The molecule has 0 atom stereocenters. The second-order valence-electron chi connectivity index (χ2n) is 5.36. The Morgan fingerprint density at radius 2 is 2.10 bits per heavy atom. The molecule has 0 spiro atoms. The van der Waals surface area contributed by atoms with Gasteiger partial charge in [-0.1, -0.05) is 17.7 Å². The third-order valence-electron chi connectivity index (χ3n) is 3.89. The normalized spacial score (nSPS) is 13.9. The Kier molecular flexibility index (Phi) is 2.98. The van der Waals surface area contributed by atoms with E-state index in [0.717, 1.165) is 28.6 Å². The van der Waals surface area contributed by atoms with Gasteiger partial charge in [0.25, 0.3) is 0 Å². The predicted molar refractivity (Wildman–Crippen MR) is 84.6 cm³/mol. The Balaban J connectivity index is 1.95. The SMILES string of the molecule is Cc1ccc(-c2nc(Cl)c3c4c(sc3n2)CCC4)c(F)c1. The minimum absolute atomic E-state index is 0.311. The van der Waals surface area contributed by atoms with Gasteiger partial charge in [0.05, 0.1) is 10.9 Å². The quantitative estimate of drug-likeness (QED) is 0.593. The number of halogens is 2. The van der Waals surface area contributed by atoms with E-state index < -0.39 is 0 Å². The molecule has 0 N–H and O–H groups in total. The first-order valence-electron chi connectivity index (χ1n) is 6.88. The number of rotatable bonds is 1. The molecule has 21 heavy (non-hydrogen) atoms. The molecule has 0 aliphatic heterocycles. The van der Waals surface area contributed by atoms with E-state index in [2.05, 4.69) is 9.97 Å². The van der Waals surface area contributed by atoms with Gasteiger partial charge in [-0.3, -0.25) is 0 Å². The van der Waals surface area contributed by atoms with Crippen molar-refractivity contribution < 1.29 is 4.39 Å². The van der Waals surface area contributed by atoms with Crippen molar-refractivity contribution in [3.05, 3.63) is 45.2 Å². The van der Waals surface area contributed by atoms with Crippen molar-refractivity contribution in [1.29, 1.82) is 0 Å². The maximum Gasteiger partial charge on any atom is 0.165 e. The van der Waals surface area contributed by atoms with Crippen molar-refractivity contribution in [3.63, 3.8) is 0 Å². The van der Waals surface area contributed by atoms with Crippen LogP contribution in [0.5, 0.6) is 0 Å². The average molecular weight is 319 g/mol. The zero-order valence-corrected chi connectivity index (χ0v) is 13.0. The summed E-state index contributed by atoms with van der Waals surface area (Å²) in [6, 6.07) is 5.06. The summed E-state index contributed by atoms with van der Waals surface area (Å²) in [6.07, 6.45) is 3.29. The number of hydrogen-bond acceptors (Lipinski definition) is 3. The first kappa shape index (κ1) is 13.2. The van der Waals surface area contributed by atoms with Gasteiger partial charge in [-0.2, -0.15) is 0 Å². The molecule has 1 aromatic carbocycles. The Morgan fingerprint density at radius 3 is 2.90 bits per heavy atom. The Bertz CT molecular complexity index is 872. The van der Waals surface area contributed by atoms with Crippen LogP contribution in [0.3, 0.4) is 0 Å². The van der Waals surface area contributed by atoms with E-state index in [1.165, 1.54) is 22.9 Å². The molecule has 2 aromatic heterocycles. The Hall–Kier alpha value is -1.52. The molecule has 0 saturated heterocycles. The maximum atomic E-state index is 14.1. The lowest BCUT2D eigenvalue weighted by atomic mass is 10.1. The second-order valence-corrected chi connectivity index (χ2v) is 6.80. The summed E-state index contributed by atoms with van der Waals surface area (Å²) in [4.78, 5) is 11.1. The highest BCUT2D eigenvalue weighted by atomic mass is 35.5. The molecule has 1 aliphatic carbocycles. The van der Waals surface area contributed by atoms with Crippen LogP contribution in [-0.4, -0.2) is 9.97 Å². The van der Waals surface area contributed by atoms with Crippen LogP contribution < -0.4 is 0 Å². The molecule has 5 heteroatoms. The van der Waals surface area contributed by atoms with Gasteiger partial charge in [-0.05, 0) is 49.4 Å². The molecule has 0 unspecified atom stereocenters. The first-order valence-corrected chi connectivity index (χ1v) is 8.07. The lowest BCUT2D eigenvalue weighted by Gasteiger charge is -2.05. The van der Waals surface area contributed by atoms with Crippen LogP contribution in [0.25, 0.3) is 21.6 Å². The van der Waals surface area contributed by atoms with Gasteiger partial charge in [0.1, 0.15) is 15.8 Å². The summed E-state index contributed by atoms with van der Waals surface area (Å²) in [7, 11) is 0. The van der Waals surface area contributed by atoms with E-state index in [4.69, 9.17) is 11.6 Å². The first-order chi connectivity index (χ1) is 10.1. The molecule has 0 amide bonds. The molecule has 0 radical (unpaired) electrons. The fourth-order valence-electron chi connectivity index (χ4n) is 2.87. The highest BCUT2D eigenvalue weighted by Crippen LogP contribution is 2.40. The zero-order valence-electron chi connectivity index (χ0n) is 11.4. The van der Waals surface area contributed by atoms with E-state index in [1.54, 1.807) is 17.4 Å². The Morgan fingerprint density at radius 1 is 1.24 bits per heavy atom. The Labute approximate surface area is 130 Å². The number of benzene rings is 1. The third-order valence-corrected chi connectivity index (χ3v) is 5.35. The number of nitrogens with zero attached hydrogens (tertiary/aromatic N) is 2. The fourth-order valence-corrected chi connectivity index (χ4v) is 4.47. The predicted octanol–water partition coefficient (Wildman–Crippen LogP) is 4.95. The van der Waals surface area contributed by atoms with Crippen LogP contribution in [0.1, 0.15) is 22.4 Å². The van der Waals surface area contributed by atoms with E-state index in [1.807, 2.05) is 13.0 Å². The molecule has 0 fully saturated rings. The summed E-state index contributed by atoms with van der Waals surface area (Å²) >= 11 is 8.01. The summed E-state index contributed by atoms with van der Waals surface area (Å²) in [5.74, 6) is 0.0550. The summed E-state index contributed by atoms with van der Waals surface area (Å²) in [5, 5.41) is 1.40. The lowest BCUT2D eigenvalue weighted by molar-refractivity contribution is 0.629. The van der Waals surface area contributed by atoms with Gasteiger partial charge < -0.3 is 0 Å². The smallest absolute Gasteiger partial charge is 0.165 e. The molecule has 0 saturated carbocycles. The third kappa shape index (κ3) is 2.05. The van der Waals surface area contributed by atoms with Crippen molar-refractivity contribution >= 4 is 33.2 Å². The summed E-state index contributed by atoms with van der Waals surface area (Å²) in [6.45, 7) is 1.85. The van der Waals surface area contributed by atoms with Crippen LogP contribution in [0, 0.1) is 12.7 Å². The van der Waals surface area contributed by atoms with Gasteiger partial charge in [0.2, 0.25) is 0 Å². The molecule has 4 rings (SSSR count). The van der Waals surface area contributed by atoms with Gasteiger partial charge >= 0.3 is 0 Å². The van der Waals surface area contributed by atoms with Crippen LogP contribution >= 0.6 is 22.9 Å². The number of thiophene rings is 1. The van der Waals surface area contributed by atoms with Crippen molar-refractivity contribution in [2.45, 2.75) is 26.2 Å². The highest BCUT2D eigenvalue weighted by molar-refractivity contribution is 7.19. The molecular formula is C16H12ClFN2S. The maximum absolute atomic E-state index is 14.1. The molecule has 1 aliphatic rings. The molecule has 2 nitrogen and oxygen atoms in total. The average Bonchev–Trinajstić information content (AvgIpc) is 2.98. The largest absolute Gasteiger partial charge is 0.217 e. The van der Waals surface area contributed by atoms with Crippen molar-refractivity contribution in [2.24, 2.45) is 0 Å². The van der Waals surface area contributed by atoms with Crippen molar-refractivity contribution in [3.8, 4) is 11.4 Å². The minimum Gasteiger partial charge on any atom is -0.217 e. The van der Waals surface area contributed by atoms with Gasteiger partial charge in [-0.25, -0.2) is 14.4 Å². The van der Waals surface area contributed by atoms with E-state index in [-0.39, 0.29) is 5.82 Å². The topological polar surface area (TPSA) is 25.8 Å². The molecule has 106 valence electrons. The number of aromatic nitrogens is 2. The van der Waals surface area contributed by atoms with Crippen LogP contribution in [0.4, 0.5) is 4.39 Å². The lowest BCUT2D eigenvalue weighted by Crippen LogP contribution is -1.94. The summed E-state index contributed by atoms with van der Waals surface area (Å²) in [5.41, 5.74) is 2.56. The zero-order chi connectivity index (χ0) is 14.6. The van der Waals surface area contributed by atoms with Crippen molar-refractivity contribution in [2.75, 3.05) is 0 Å². The molecule has 0 bridgehead atoms.